The monoisotopic (exact) mass is 415 g/mol. The normalized spacial score (nSPS) is 15.4. The summed E-state index contributed by atoms with van der Waals surface area (Å²) in [6.07, 6.45) is 5.14. The molecule has 156 valence electrons. The van der Waals surface area contributed by atoms with E-state index in [0.717, 1.165) is 16.5 Å². The van der Waals surface area contributed by atoms with Crippen LogP contribution >= 0.6 is 0 Å². The molecule has 2 heterocycles. The Morgan fingerprint density at radius 3 is 2.94 bits per heavy atom. The summed E-state index contributed by atoms with van der Waals surface area (Å²) in [5.74, 6) is -0.535. The highest BCUT2D eigenvalue weighted by atomic mass is 19.1. The van der Waals surface area contributed by atoms with Crippen LogP contribution in [0.25, 0.3) is 10.9 Å². The second-order valence-corrected chi connectivity index (χ2v) is 7.67. The van der Waals surface area contributed by atoms with E-state index in [4.69, 9.17) is 5.26 Å². The molecule has 1 aromatic heterocycles. The van der Waals surface area contributed by atoms with Crippen molar-refractivity contribution in [3.8, 4) is 6.07 Å². The fraction of sp³-hybridized carbons (Fsp3) is 0.250. The molecule has 0 radical (unpaired) electrons. The van der Waals surface area contributed by atoms with Crippen LogP contribution in [0.15, 0.2) is 59.8 Å². The van der Waals surface area contributed by atoms with Gasteiger partial charge in [-0.05, 0) is 55.2 Å². The highest BCUT2D eigenvalue weighted by Crippen LogP contribution is 2.31. The average Bonchev–Trinajstić information content (AvgIpc) is 3.42. The Labute approximate surface area is 179 Å². The fourth-order valence-corrected chi connectivity index (χ4v) is 3.75. The molecule has 0 fully saturated rings. The van der Waals surface area contributed by atoms with Gasteiger partial charge in [-0.3, -0.25) is 9.48 Å². The average molecular weight is 415 g/mol. The van der Waals surface area contributed by atoms with Crippen molar-refractivity contribution >= 4 is 23.0 Å². The first kappa shape index (κ1) is 20.5. The lowest BCUT2D eigenvalue weighted by Gasteiger charge is -2.23. The molecule has 0 spiro atoms. The summed E-state index contributed by atoms with van der Waals surface area (Å²) in [5, 5.41) is 19.9. The van der Waals surface area contributed by atoms with Crippen LogP contribution in [0.3, 0.4) is 0 Å². The second kappa shape index (κ2) is 8.52. The van der Waals surface area contributed by atoms with Crippen molar-refractivity contribution < 1.29 is 9.18 Å². The number of amides is 1. The maximum Gasteiger partial charge on any atom is 0.269 e. The van der Waals surface area contributed by atoms with Crippen molar-refractivity contribution in [2.45, 2.75) is 38.8 Å². The van der Waals surface area contributed by atoms with Gasteiger partial charge in [-0.25, -0.2) is 9.40 Å². The quantitative estimate of drug-likeness (QED) is 0.550. The van der Waals surface area contributed by atoms with Crippen molar-refractivity contribution in [1.82, 2.24) is 14.8 Å². The number of rotatable bonds is 6. The van der Waals surface area contributed by atoms with Gasteiger partial charge in [-0.1, -0.05) is 18.7 Å². The van der Waals surface area contributed by atoms with Crippen LogP contribution in [0.2, 0.25) is 0 Å². The first-order chi connectivity index (χ1) is 15.0. The third-order valence-corrected chi connectivity index (χ3v) is 5.54. The van der Waals surface area contributed by atoms with Gasteiger partial charge in [0, 0.05) is 30.1 Å². The topological polar surface area (TPSA) is 74.3 Å². The number of carbonyl (C=O) groups is 1. The molecule has 0 bridgehead atoms. The lowest BCUT2D eigenvalue weighted by atomic mass is 10.0. The lowest BCUT2D eigenvalue weighted by molar-refractivity contribution is -0.129. The van der Waals surface area contributed by atoms with Gasteiger partial charge in [-0.2, -0.15) is 15.5 Å². The van der Waals surface area contributed by atoms with Gasteiger partial charge in [0.05, 0.1) is 29.4 Å². The maximum atomic E-state index is 14.0. The molecule has 6 nitrogen and oxygen atoms in total. The SMILES string of the molecule is C=C(CCCn1ncc2cc(C#N)ccc21)C(=O)N1N=CCC1c1ccc(C)c(F)c1. The van der Waals surface area contributed by atoms with Crippen LogP contribution in [-0.2, 0) is 11.3 Å². The maximum absolute atomic E-state index is 14.0. The molecule has 4 rings (SSSR count). The van der Waals surface area contributed by atoms with E-state index >= 15 is 0 Å². The van der Waals surface area contributed by atoms with Crippen LogP contribution in [0.5, 0.6) is 0 Å². The molecule has 31 heavy (non-hydrogen) atoms. The number of hydrogen-bond acceptors (Lipinski definition) is 4. The Morgan fingerprint density at radius 2 is 2.16 bits per heavy atom. The van der Waals surface area contributed by atoms with E-state index in [1.807, 2.05) is 16.8 Å². The van der Waals surface area contributed by atoms with Crippen LogP contribution < -0.4 is 0 Å². The first-order valence-corrected chi connectivity index (χ1v) is 10.1. The van der Waals surface area contributed by atoms with Crippen LogP contribution in [0.4, 0.5) is 4.39 Å². The van der Waals surface area contributed by atoms with Crippen molar-refractivity contribution in [3.05, 3.63) is 77.3 Å². The van der Waals surface area contributed by atoms with E-state index in [9.17, 15) is 9.18 Å². The summed E-state index contributed by atoms with van der Waals surface area (Å²) >= 11 is 0. The minimum absolute atomic E-state index is 0.247. The van der Waals surface area contributed by atoms with Crippen molar-refractivity contribution in [2.24, 2.45) is 5.10 Å². The third kappa shape index (κ3) is 4.10. The Bertz CT molecular complexity index is 1240. The van der Waals surface area contributed by atoms with Crippen LogP contribution in [0, 0.1) is 24.1 Å². The molecular formula is C24H22FN5O. The predicted molar refractivity (Wildman–Crippen MR) is 117 cm³/mol. The summed E-state index contributed by atoms with van der Waals surface area (Å²) in [6, 6.07) is 12.3. The summed E-state index contributed by atoms with van der Waals surface area (Å²) in [7, 11) is 0. The molecule has 1 aliphatic heterocycles. The second-order valence-electron chi connectivity index (χ2n) is 7.67. The standard InChI is InChI=1S/C24H22FN5O/c1-16-5-7-19(13-21(16)25)23-9-10-27-30(23)24(31)17(2)4-3-11-29-22-8-6-18(14-26)12-20(22)15-28-29/h5-8,10,12-13,15,23H,2-4,9,11H2,1H3. The molecule has 0 saturated heterocycles. The zero-order chi connectivity index (χ0) is 22.0. The highest BCUT2D eigenvalue weighted by Gasteiger charge is 2.29. The number of hydrazone groups is 1. The van der Waals surface area contributed by atoms with E-state index < -0.39 is 0 Å². The molecule has 2 aromatic carbocycles. The minimum Gasteiger partial charge on any atom is -0.268 e. The fourth-order valence-electron chi connectivity index (χ4n) is 3.75. The summed E-state index contributed by atoms with van der Waals surface area (Å²) in [6.45, 7) is 6.29. The van der Waals surface area contributed by atoms with Gasteiger partial charge in [0.25, 0.3) is 5.91 Å². The zero-order valence-corrected chi connectivity index (χ0v) is 17.3. The number of nitriles is 1. The van der Waals surface area contributed by atoms with Crippen LogP contribution in [-0.4, -0.2) is 26.9 Å². The van der Waals surface area contributed by atoms with E-state index in [1.54, 1.807) is 37.5 Å². The number of benzene rings is 2. The van der Waals surface area contributed by atoms with E-state index in [2.05, 4.69) is 22.8 Å². The molecule has 1 unspecified atom stereocenters. The Hall–Kier alpha value is -3.79. The Morgan fingerprint density at radius 1 is 1.32 bits per heavy atom. The molecule has 0 saturated carbocycles. The Balaban J connectivity index is 1.38. The van der Waals surface area contributed by atoms with E-state index in [-0.39, 0.29) is 17.8 Å². The summed E-state index contributed by atoms with van der Waals surface area (Å²) < 4.78 is 15.8. The smallest absolute Gasteiger partial charge is 0.268 e. The number of fused-ring (bicyclic) bond motifs is 1. The summed E-state index contributed by atoms with van der Waals surface area (Å²) in [5.41, 5.74) is 3.29. The van der Waals surface area contributed by atoms with Gasteiger partial charge in [-0.15, -0.1) is 0 Å². The largest absolute Gasteiger partial charge is 0.269 e. The minimum atomic E-state index is -0.316. The summed E-state index contributed by atoms with van der Waals surface area (Å²) in [4.78, 5) is 12.9. The number of carbonyl (C=O) groups excluding carboxylic acids is 1. The van der Waals surface area contributed by atoms with Gasteiger partial charge >= 0.3 is 0 Å². The predicted octanol–water partition coefficient (Wildman–Crippen LogP) is 4.65. The molecule has 7 heteroatoms. The third-order valence-electron chi connectivity index (χ3n) is 5.54. The number of aromatic nitrogens is 2. The van der Waals surface area contributed by atoms with E-state index in [1.165, 1.54) is 11.1 Å². The molecule has 0 aliphatic carbocycles. The first-order valence-electron chi connectivity index (χ1n) is 10.1. The molecule has 3 aromatic rings. The molecule has 1 aliphatic rings. The van der Waals surface area contributed by atoms with Gasteiger partial charge < -0.3 is 0 Å². The number of nitrogens with zero attached hydrogens (tertiary/aromatic N) is 5. The van der Waals surface area contributed by atoms with Gasteiger partial charge in [0.15, 0.2) is 0 Å². The van der Waals surface area contributed by atoms with E-state index in [0.29, 0.717) is 42.5 Å². The Kier molecular flexibility index (Phi) is 5.63. The van der Waals surface area contributed by atoms with Crippen molar-refractivity contribution in [3.63, 3.8) is 0 Å². The van der Waals surface area contributed by atoms with Gasteiger partial charge in [0.2, 0.25) is 0 Å². The van der Waals surface area contributed by atoms with Crippen molar-refractivity contribution in [1.29, 1.82) is 5.26 Å². The molecule has 1 atom stereocenters. The number of halogens is 1. The number of aryl methyl sites for hydroxylation is 2. The zero-order valence-electron chi connectivity index (χ0n) is 17.3. The van der Waals surface area contributed by atoms with Crippen molar-refractivity contribution in [2.75, 3.05) is 0 Å². The highest BCUT2D eigenvalue weighted by molar-refractivity contribution is 5.94. The molecule has 1 amide bonds. The lowest BCUT2D eigenvalue weighted by Crippen LogP contribution is -2.28. The molecule has 0 N–H and O–H groups in total. The van der Waals surface area contributed by atoms with Crippen LogP contribution in [0.1, 0.15) is 42.0 Å². The molecular weight excluding hydrogens is 393 g/mol. The number of hydrogen-bond donors (Lipinski definition) is 0. The van der Waals surface area contributed by atoms with Gasteiger partial charge in [0.1, 0.15) is 5.82 Å².